The summed E-state index contributed by atoms with van der Waals surface area (Å²) in [6, 6.07) is 2.12. The molecule has 82 valence electrons. The first-order chi connectivity index (χ1) is 7.34. The summed E-state index contributed by atoms with van der Waals surface area (Å²) in [7, 11) is 0. The normalized spacial score (nSPS) is 26.8. The Hall–Kier alpha value is -1.03. The molecule has 1 saturated carbocycles. The van der Waals surface area contributed by atoms with Gasteiger partial charge in [0.2, 0.25) is 0 Å². The van der Waals surface area contributed by atoms with Crippen LogP contribution in [0.3, 0.4) is 0 Å². The van der Waals surface area contributed by atoms with E-state index in [0.29, 0.717) is 12.0 Å². The molecule has 15 heavy (non-hydrogen) atoms. The Morgan fingerprint density at radius 1 is 1.33 bits per heavy atom. The van der Waals surface area contributed by atoms with Crippen molar-refractivity contribution in [3.63, 3.8) is 0 Å². The van der Waals surface area contributed by atoms with Crippen molar-refractivity contribution >= 4 is 0 Å². The van der Waals surface area contributed by atoms with Crippen molar-refractivity contribution in [3.05, 3.63) is 22.1 Å². The van der Waals surface area contributed by atoms with E-state index >= 15 is 0 Å². The van der Waals surface area contributed by atoms with Crippen LogP contribution in [0.15, 0.2) is 10.9 Å². The molecule has 4 heteroatoms. The Balaban J connectivity index is 1.86. The van der Waals surface area contributed by atoms with Gasteiger partial charge in [0.05, 0.1) is 6.04 Å². The number of nitrogens with zero attached hydrogens (tertiary/aromatic N) is 1. The van der Waals surface area contributed by atoms with Crippen LogP contribution < -0.4 is 10.9 Å². The zero-order valence-corrected chi connectivity index (χ0v) is 8.83. The standard InChI is InChI=1S/C11H17N3O/c15-11-6-10(8-3-4-8)13-14(11)9-2-1-5-12-7-9/h6,8-9,12-13H,1-5,7H2. The molecule has 2 fully saturated rings. The molecule has 2 heterocycles. The maximum absolute atomic E-state index is 11.8. The molecule has 2 aliphatic rings. The average molecular weight is 207 g/mol. The number of piperidine rings is 1. The van der Waals surface area contributed by atoms with Crippen LogP contribution in [-0.2, 0) is 0 Å². The Bertz CT molecular complexity index is 396. The molecule has 3 rings (SSSR count). The van der Waals surface area contributed by atoms with E-state index in [1.165, 1.54) is 12.8 Å². The minimum absolute atomic E-state index is 0.144. The molecule has 1 atom stereocenters. The minimum atomic E-state index is 0.144. The van der Waals surface area contributed by atoms with E-state index in [-0.39, 0.29) is 5.56 Å². The van der Waals surface area contributed by atoms with E-state index < -0.39 is 0 Å². The number of rotatable bonds is 2. The molecule has 4 nitrogen and oxygen atoms in total. The van der Waals surface area contributed by atoms with Gasteiger partial charge in [0.15, 0.2) is 0 Å². The van der Waals surface area contributed by atoms with Crippen LogP contribution in [0.2, 0.25) is 0 Å². The quantitative estimate of drug-likeness (QED) is 0.759. The number of aromatic nitrogens is 2. The third-order valence-corrected chi connectivity index (χ3v) is 3.42. The molecule has 0 spiro atoms. The van der Waals surface area contributed by atoms with Crippen LogP contribution in [-0.4, -0.2) is 22.9 Å². The summed E-state index contributed by atoms with van der Waals surface area (Å²) in [5.74, 6) is 0.635. The first kappa shape index (κ1) is 9.21. The fourth-order valence-corrected chi connectivity index (χ4v) is 2.36. The van der Waals surface area contributed by atoms with Crippen LogP contribution in [0.4, 0.5) is 0 Å². The number of H-pyrrole nitrogens is 1. The molecule has 1 saturated heterocycles. The molecule has 0 amide bonds. The van der Waals surface area contributed by atoms with Crippen molar-refractivity contribution in [3.8, 4) is 0 Å². The Morgan fingerprint density at radius 2 is 2.20 bits per heavy atom. The highest BCUT2D eigenvalue weighted by Crippen LogP contribution is 2.38. The van der Waals surface area contributed by atoms with E-state index in [2.05, 4.69) is 10.4 Å². The van der Waals surface area contributed by atoms with Gasteiger partial charge in [-0.25, -0.2) is 4.68 Å². The van der Waals surface area contributed by atoms with Crippen molar-refractivity contribution in [2.45, 2.75) is 37.6 Å². The lowest BCUT2D eigenvalue weighted by molar-refractivity contribution is 0.339. The number of nitrogens with one attached hydrogen (secondary N) is 2. The Labute approximate surface area is 88.7 Å². The van der Waals surface area contributed by atoms with E-state index in [9.17, 15) is 4.79 Å². The van der Waals surface area contributed by atoms with E-state index in [0.717, 1.165) is 31.6 Å². The third-order valence-electron chi connectivity index (χ3n) is 3.42. The van der Waals surface area contributed by atoms with Crippen molar-refractivity contribution in [2.24, 2.45) is 0 Å². The van der Waals surface area contributed by atoms with Crippen molar-refractivity contribution < 1.29 is 0 Å². The second-order valence-corrected chi connectivity index (χ2v) is 4.69. The molecule has 1 unspecified atom stereocenters. The highest BCUT2D eigenvalue weighted by atomic mass is 16.1. The van der Waals surface area contributed by atoms with Crippen molar-refractivity contribution in [1.82, 2.24) is 15.1 Å². The Kier molecular flexibility index (Phi) is 2.16. The monoisotopic (exact) mass is 207 g/mol. The first-order valence-electron chi connectivity index (χ1n) is 5.87. The average Bonchev–Trinajstić information content (AvgIpc) is 3.04. The van der Waals surface area contributed by atoms with Crippen LogP contribution in [0.5, 0.6) is 0 Å². The maximum atomic E-state index is 11.8. The highest BCUT2D eigenvalue weighted by Gasteiger charge is 2.27. The van der Waals surface area contributed by atoms with Gasteiger partial charge in [-0.3, -0.25) is 9.89 Å². The van der Waals surface area contributed by atoms with Crippen LogP contribution in [0.25, 0.3) is 0 Å². The molecule has 0 bridgehead atoms. The summed E-state index contributed by atoms with van der Waals surface area (Å²) >= 11 is 0. The van der Waals surface area contributed by atoms with Gasteiger partial charge in [0.1, 0.15) is 0 Å². The van der Waals surface area contributed by atoms with Gasteiger partial charge < -0.3 is 5.32 Å². The minimum Gasteiger partial charge on any atom is -0.315 e. The van der Waals surface area contributed by atoms with Crippen molar-refractivity contribution in [1.29, 1.82) is 0 Å². The van der Waals surface area contributed by atoms with Crippen LogP contribution in [0.1, 0.15) is 43.3 Å². The van der Waals surface area contributed by atoms with E-state index in [4.69, 9.17) is 0 Å². The summed E-state index contributed by atoms with van der Waals surface area (Å²) in [6.07, 6.45) is 4.75. The second kappa shape index (κ2) is 3.52. The Morgan fingerprint density at radius 3 is 2.87 bits per heavy atom. The van der Waals surface area contributed by atoms with E-state index in [1.807, 2.05) is 4.68 Å². The summed E-state index contributed by atoms with van der Waals surface area (Å²) in [5, 5.41) is 6.61. The van der Waals surface area contributed by atoms with Crippen LogP contribution >= 0.6 is 0 Å². The summed E-state index contributed by atoms with van der Waals surface area (Å²) in [6.45, 7) is 2.01. The van der Waals surface area contributed by atoms with Gasteiger partial charge in [-0.2, -0.15) is 0 Å². The summed E-state index contributed by atoms with van der Waals surface area (Å²) in [5.41, 5.74) is 1.29. The SMILES string of the molecule is O=c1cc(C2CC2)[nH]n1C1CCCNC1. The van der Waals surface area contributed by atoms with Gasteiger partial charge in [-0.15, -0.1) is 0 Å². The molecule has 1 aromatic heterocycles. The van der Waals surface area contributed by atoms with Gasteiger partial charge in [0, 0.05) is 24.2 Å². The predicted molar refractivity (Wildman–Crippen MR) is 58.2 cm³/mol. The lowest BCUT2D eigenvalue weighted by atomic mass is 10.1. The lowest BCUT2D eigenvalue weighted by Gasteiger charge is -2.23. The van der Waals surface area contributed by atoms with Crippen LogP contribution in [0, 0.1) is 0 Å². The fourth-order valence-electron chi connectivity index (χ4n) is 2.36. The summed E-state index contributed by atoms with van der Waals surface area (Å²) < 4.78 is 1.82. The van der Waals surface area contributed by atoms with Crippen molar-refractivity contribution in [2.75, 3.05) is 13.1 Å². The van der Waals surface area contributed by atoms with Gasteiger partial charge in [0.25, 0.3) is 5.56 Å². The number of aromatic amines is 1. The van der Waals surface area contributed by atoms with Gasteiger partial charge in [-0.05, 0) is 32.2 Å². The molecule has 1 aromatic rings. The second-order valence-electron chi connectivity index (χ2n) is 4.69. The molecule has 1 aliphatic carbocycles. The predicted octanol–water partition coefficient (Wildman–Crippen LogP) is 0.978. The zero-order valence-electron chi connectivity index (χ0n) is 8.83. The lowest BCUT2D eigenvalue weighted by Crippen LogP contribution is -2.35. The van der Waals surface area contributed by atoms with E-state index in [1.54, 1.807) is 6.07 Å². The summed E-state index contributed by atoms with van der Waals surface area (Å²) in [4.78, 5) is 11.8. The molecule has 1 aliphatic heterocycles. The third kappa shape index (κ3) is 1.74. The fraction of sp³-hybridized carbons (Fsp3) is 0.727. The highest BCUT2D eigenvalue weighted by molar-refractivity contribution is 5.13. The smallest absolute Gasteiger partial charge is 0.267 e. The maximum Gasteiger partial charge on any atom is 0.267 e. The first-order valence-corrected chi connectivity index (χ1v) is 5.87. The topological polar surface area (TPSA) is 49.8 Å². The largest absolute Gasteiger partial charge is 0.315 e. The number of hydrogen-bond donors (Lipinski definition) is 2. The zero-order chi connectivity index (χ0) is 10.3. The van der Waals surface area contributed by atoms with Gasteiger partial charge in [-0.1, -0.05) is 0 Å². The number of hydrogen-bond acceptors (Lipinski definition) is 2. The molecular weight excluding hydrogens is 190 g/mol. The molecule has 2 N–H and O–H groups in total. The van der Waals surface area contributed by atoms with Gasteiger partial charge >= 0.3 is 0 Å². The molecule has 0 radical (unpaired) electrons. The molecular formula is C11H17N3O. The molecule has 0 aromatic carbocycles.